The van der Waals surface area contributed by atoms with E-state index in [1.165, 1.54) is 16.3 Å². The van der Waals surface area contributed by atoms with Crippen molar-refractivity contribution < 1.29 is 18.7 Å². The first-order chi connectivity index (χ1) is 16.1. The van der Waals surface area contributed by atoms with Crippen LogP contribution in [-0.2, 0) is 17.9 Å². The van der Waals surface area contributed by atoms with E-state index < -0.39 is 0 Å². The van der Waals surface area contributed by atoms with Crippen LogP contribution < -0.4 is 20.3 Å². The van der Waals surface area contributed by atoms with Crippen molar-refractivity contribution in [3.63, 3.8) is 0 Å². The fourth-order valence-electron chi connectivity index (χ4n) is 3.42. The lowest BCUT2D eigenvalue weighted by Gasteiger charge is -2.13. The van der Waals surface area contributed by atoms with Crippen LogP contribution in [0.25, 0.3) is 10.9 Å². The minimum absolute atomic E-state index is 0.0745. The van der Waals surface area contributed by atoms with Crippen LogP contribution in [0.15, 0.2) is 69.2 Å². The molecule has 8 nitrogen and oxygen atoms in total. The van der Waals surface area contributed by atoms with E-state index in [2.05, 4.69) is 10.3 Å². The third kappa shape index (κ3) is 4.55. The van der Waals surface area contributed by atoms with E-state index in [-0.39, 0.29) is 30.6 Å². The Hall–Kier alpha value is -3.43. The molecule has 1 aliphatic rings. The second kappa shape index (κ2) is 9.21. The van der Waals surface area contributed by atoms with E-state index in [1.54, 1.807) is 36.6 Å². The fourth-order valence-corrected chi connectivity index (χ4v) is 4.45. The predicted octanol–water partition coefficient (Wildman–Crippen LogP) is 3.83. The van der Waals surface area contributed by atoms with Crippen molar-refractivity contribution in [3.05, 3.63) is 81.5 Å². The number of fused-ring (bicyclic) bond motifs is 2. The van der Waals surface area contributed by atoms with E-state index >= 15 is 0 Å². The van der Waals surface area contributed by atoms with Gasteiger partial charge in [0.25, 0.3) is 5.56 Å². The molecule has 1 amide bonds. The van der Waals surface area contributed by atoms with Gasteiger partial charge in [0.15, 0.2) is 16.7 Å². The van der Waals surface area contributed by atoms with E-state index in [4.69, 9.17) is 25.5 Å². The highest BCUT2D eigenvalue weighted by molar-refractivity contribution is 7.99. The Balaban J connectivity index is 1.40. The van der Waals surface area contributed by atoms with Gasteiger partial charge in [-0.1, -0.05) is 41.6 Å². The fraction of sp³-hybridized carbons (Fsp3) is 0.174. The molecule has 1 aliphatic heterocycles. The molecule has 0 atom stereocenters. The zero-order valence-corrected chi connectivity index (χ0v) is 18.8. The Labute approximate surface area is 197 Å². The molecular formula is C23H18ClN3O5S. The molecule has 0 saturated heterocycles. The van der Waals surface area contributed by atoms with Crippen LogP contribution >= 0.6 is 23.4 Å². The Kier molecular flexibility index (Phi) is 5.97. The van der Waals surface area contributed by atoms with Gasteiger partial charge in [-0.2, -0.15) is 0 Å². The number of hydrogen-bond donors (Lipinski definition) is 1. The van der Waals surface area contributed by atoms with Gasteiger partial charge >= 0.3 is 0 Å². The highest BCUT2D eigenvalue weighted by Gasteiger charge is 2.20. The number of nitrogens with one attached hydrogen (secondary N) is 1. The van der Waals surface area contributed by atoms with Crippen LogP contribution in [0, 0.1) is 0 Å². The summed E-state index contributed by atoms with van der Waals surface area (Å²) in [6.07, 6.45) is 1.54. The van der Waals surface area contributed by atoms with Crippen molar-refractivity contribution in [2.24, 2.45) is 0 Å². The van der Waals surface area contributed by atoms with Crippen LogP contribution in [0.4, 0.5) is 0 Å². The smallest absolute Gasteiger partial charge is 0.262 e. The van der Waals surface area contributed by atoms with Gasteiger partial charge in [0.1, 0.15) is 5.76 Å². The summed E-state index contributed by atoms with van der Waals surface area (Å²) in [7, 11) is 0. The lowest BCUT2D eigenvalue weighted by atomic mass is 10.2. The van der Waals surface area contributed by atoms with Crippen molar-refractivity contribution in [2.45, 2.75) is 18.2 Å². The van der Waals surface area contributed by atoms with E-state index in [0.717, 1.165) is 5.56 Å². The van der Waals surface area contributed by atoms with Crippen LogP contribution in [0.5, 0.6) is 11.5 Å². The van der Waals surface area contributed by atoms with Gasteiger partial charge in [-0.25, -0.2) is 4.98 Å². The third-order valence-electron chi connectivity index (χ3n) is 5.07. The molecule has 1 N–H and O–H groups in total. The number of thioether (sulfide) groups is 1. The molecule has 4 aromatic rings. The van der Waals surface area contributed by atoms with Crippen LogP contribution in [-0.4, -0.2) is 28.0 Å². The normalized spacial score (nSPS) is 12.3. The lowest BCUT2D eigenvalue weighted by molar-refractivity contribution is -0.118. The number of amides is 1. The van der Waals surface area contributed by atoms with Crippen LogP contribution in [0.3, 0.4) is 0 Å². The molecule has 0 saturated carbocycles. The summed E-state index contributed by atoms with van der Waals surface area (Å²) in [4.78, 5) is 30.5. The second-order valence-corrected chi connectivity index (χ2v) is 8.59. The number of rotatable bonds is 7. The third-order valence-corrected chi connectivity index (χ3v) is 6.42. The van der Waals surface area contributed by atoms with E-state index in [0.29, 0.717) is 44.9 Å². The number of furan rings is 1. The first-order valence-electron chi connectivity index (χ1n) is 10.1. The summed E-state index contributed by atoms with van der Waals surface area (Å²) >= 11 is 7.32. The highest BCUT2D eigenvalue weighted by atomic mass is 35.5. The van der Waals surface area contributed by atoms with Gasteiger partial charge in [-0.3, -0.25) is 14.2 Å². The molecule has 0 fully saturated rings. The number of hydrogen-bond acceptors (Lipinski definition) is 7. The maximum Gasteiger partial charge on any atom is 0.262 e. The number of nitrogens with zero attached hydrogens (tertiary/aromatic N) is 2. The maximum atomic E-state index is 13.3. The minimum atomic E-state index is -0.256. The number of aromatic nitrogens is 2. The molecule has 2 aromatic carbocycles. The largest absolute Gasteiger partial charge is 0.467 e. The topological polar surface area (TPSA) is 95.6 Å². The Morgan fingerprint density at radius 2 is 1.97 bits per heavy atom. The molecule has 2 aromatic heterocycles. The molecule has 0 aliphatic carbocycles. The lowest BCUT2D eigenvalue weighted by Crippen LogP contribution is -2.27. The summed E-state index contributed by atoms with van der Waals surface area (Å²) in [6, 6.07) is 14.2. The molecule has 0 unspecified atom stereocenters. The second-order valence-electron chi connectivity index (χ2n) is 7.24. The molecule has 168 valence electrons. The van der Waals surface area contributed by atoms with Crippen LogP contribution in [0.2, 0.25) is 5.02 Å². The molecule has 5 rings (SSSR count). The number of carbonyl (C=O) groups excluding carboxylic acids is 1. The molecular weight excluding hydrogens is 466 g/mol. The van der Waals surface area contributed by atoms with Crippen molar-refractivity contribution in [2.75, 3.05) is 12.5 Å². The molecule has 33 heavy (non-hydrogen) atoms. The summed E-state index contributed by atoms with van der Waals surface area (Å²) in [5, 5.41) is 4.24. The van der Waals surface area contributed by atoms with Crippen molar-refractivity contribution in [1.82, 2.24) is 14.9 Å². The summed E-state index contributed by atoms with van der Waals surface area (Å²) in [6.45, 7) is 0.596. The minimum Gasteiger partial charge on any atom is -0.467 e. The maximum absolute atomic E-state index is 13.3. The molecule has 0 spiro atoms. The molecule has 10 heteroatoms. The van der Waals surface area contributed by atoms with Crippen molar-refractivity contribution >= 4 is 40.2 Å². The van der Waals surface area contributed by atoms with Crippen molar-refractivity contribution in [1.29, 1.82) is 0 Å². The van der Waals surface area contributed by atoms with Gasteiger partial charge in [0, 0.05) is 17.6 Å². The first-order valence-corrected chi connectivity index (χ1v) is 11.4. The number of ether oxygens (including phenoxy) is 2. The zero-order valence-electron chi connectivity index (χ0n) is 17.2. The van der Waals surface area contributed by atoms with Gasteiger partial charge in [-0.15, -0.1) is 0 Å². The summed E-state index contributed by atoms with van der Waals surface area (Å²) in [5.41, 5.74) is 1.04. The quantitative estimate of drug-likeness (QED) is 0.315. The molecule has 0 bridgehead atoms. The molecule has 0 radical (unpaired) electrons. The Bertz CT molecular complexity index is 1390. The van der Waals surface area contributed by atoms with E-state index in [9.17, 15) is 9.59 Å². The average molecular weight is 484 g/mol. The van der Waals surface area contributed by atoms with Crippen LogP contribution in [0.1, 0.15) is 11.3 Å². The van der Waals surface area contributed by atoms with Crippen molar-refractivity contribution in [3.8, 4) is 11.5 Å². The number of benzene rings is 2. The van der Waals surface area contributed by atoms with Gasteiger partial charge in [0.2, 0.25) is 12.7 Å². The number of carbonyl (C=O) groups is 1. The first kappa shape index (κ1) is 21.4. The summed E-state index contributed by atoms with van der Waals surface area (Å²) < 4.78 is 17.7. The van der Waals surface area contributed by atoms with Gasteiger partial charge < -0.3 is 19.2 Å². The highest BCUT2D eigenvalue weighted by Crippen LogP contribution is 2.35. The number of halogens is 1. The van der Waals surface area contributed by atoms with Gasteiger partial charge in [-0.05, 0) is 29.8 Å². The monoisotopic (exact) mass is 483 g/mol. The van der Waals surface area contributed by atoms with Gasteiger partial charge in [0.05, 0.1) is 29.5 Å². The summed E-state index contributed by atoms with van der Waals surface area (Å²) in [5.74, 6) is 1.51. The predicted molar refractivity (Wildman–Crippen MR) is 124 cm³/mol. The zero-order chi connectivity index (χ0) is 22.8. The SMILES string of the molecule is O=C(CSc1nc2cc3c(cc2c(=O)n1Cc1ccco1)OCO3)NCc1ccccc1Cl. The van der Waals surface area contributed by atoms with E-state index in [1.807, 2.05) is 18.2 Å². The standard InChI is InChI=1S/C23H18ClN3O5S/c24-17-6-2-1-4-14(17)10-25-21(28)12-33-23-26-18-9-20-19(31-13-32-20)8-16(18)22(29)27(23)11-15-5-3-7-30-15/h1-9H,10-13H2,(H,25,28). The Morgan fingerprint density at radius 1 is 1.15 bits per heavy atom. The molecule has 3 heterocycles. The Morgan fingerprint density at radius 3 is 2.76 bits per heavy atom. The average Bonchev–Trinajstić information content (AvgIpc) is 3.50.